The molecule has 2 N–H and O–H groups in total. The molecule has 2 aliphatic rings. The van der Waals surface area contributed by atoms with Crippen LogP contribution in [0.3, 0.4) is 0 Å². The van der Waals surface area contributed by atoms with Crippen LogP contribution in [-0.2, 0) is 4.74 Å². The topological polar surface area (TPSA) is 53.6 Å². The SMILES string of the molecule is CC(C)(C)OC(=O)N(CCNC1CCCNC1)C1CC1. The quantitative estimate of drug-likeness (QED) is 0.807. The molecule has 0 spiro atoms. The van der Waals surface area contributed by atoms with E-state index in [4.69, 9.17) is 4.74 Å². The van der Waals surface area contributed by atoms with E-state index in [1.165, 1.54) is 12.8 Å². The van der Waals surface area contributed by atoms with Crippen LogP contribution >= 0.6 is 0 Å². The third kappa shape index (κ3) is 5.29. The van der Waals surface area contributed by atoms with Gasteiger partial charge in [0.2, 0.25) is 0 Å². The highest BCUT2D eigenvalue weighted by Crippen LogP contribution is 2.28. The Balaban J connectivity index is 1.73. The first-order chi connectivity index (χ1) is 9.46. The average Bonchev–Trinajstić information content (AvgIpc) is 3.18. The average molecular weight is 283 g/mol. The molecule has 20 heavy (non-hydrogen) atoms. The van der Waals surface area contributed by atoms with E-state index in [0.717, 1.165) is 39.0 Å². The number of piperidine rings is 1. The molecule has 5 heteroatoms. The Bertz CT molecular complexity index is 318. The van der Waals surface area contributed by atoms with E-state index in [0.29, 0.717) is 12.1 Å². The van der Waals surface area contributed by atoms with Gasteiger partial charge in [-0.05, 0) is 53.0 Å². The molecule has 5 nitrogen and oxygen atoms in total. The number of nitrogens with one attached hydrogen (secondary N) is 2. The molecule has 1 atom stereocenters. The Morgan fingerprint density at radius 1 is 1.35 bits per heavy atom. The number of nitrogens with zero attached hydrogens (tertiary/aromatic N) is 1. The first kappa shape index (κ1) is 15.6. The summed E-state index contributed by atoms with van der Waals surface area (Å²) in [6, 6.07) is 0.944. The summed E-state index contributed by atoms with van der Waals surface area (Å²) in [5.74, 6) is 0. The number of hydrogen-bond acceptors (Lipinski definition) is 4. The molecule has 0 aromatic carbocycles. The number of hydrogen-bond donors (Lipinski definition) is 2. The van der Waals surface area contributed by atoms with Crippen molar-refractivity contribution in [2.24, 2.45) is 0 Å². The van der Waals surface area contributed by atoms with Crippen LogP contribution in [0.1, 0.15) is 46.5 Å². The van der Waals surface area contributed by atoms with Crippen molar-refractivity contribution in [1.29, 1.82) is 0 Å². The van der Waals surface area contributed by atoms with Crippen LogP contribution in [0, 0.1) is 0 Å². The van der Waals surface area contributed by atoms with Gasteiger partial charge in [-0.25, -0.2) is 4.79 Å². The van der Waals surface area contributed by atoms with E-state index < -0.39 is 5.60 Å². The Kier molecular flexibility index (Phi) is 5.27. The highest BCUT2D eigenvalue weighted by Gasteiger charge is 2.34. The number of ether oxygens (including phenoxy) is 1. The van der Waals surface area contributed by atoms with Crippen molar-refractivity contribution in [1.82, 2.24) is 15.5 Å². The molecule has 1 amide bonds. The lowest BCUT2D eigenvalue weighted by molar-refractivity contribution is 0.0234. The zero-order valence-corrected chi connectivity index (χ0v) is 13.1. The van der Waals surface area contributed by atoms with Crippen molar-refractivity contribution in [3.8, 4) is 0 Å². The summed E-state index contributed by atoms with van der Waals surface area (Å²) in [7, 11) is 0. The molecule has 1 aliphatic carbocycles. The van der Waals surface area contributed by atoms with Gasteiger partial charge < -0.3 is 20.3 Å². The first-order valence-corrected chi connectivity index (χ1v) is 7.89. The van der Waals surface area contributed by atoms with Crippen LogP contribution < -0.4 is 10.6 Å². The summed E-state index contributed by atoms with van der Waals surface area (Å²) in [5, 5.41) is 6.93. The molecule has 0 aromatic heterocycles. The highest BCUT2D eigenvalue weighted by atomic mass is 16.6. The fourth-order valence-corrected chi connectivity index (χ4v) is 2.54. The minimum Gasteiger partial charge on any atom is -0.444 e. The second-order valence-corrected chi connectivity index (χ2v) is 6.90. The van der Waals surface area contributed by atoms with Gasteiger partial charge in [0.1, 0.15) is 5.60 Å². The van der Waals surface area contributed by atoms with Crippen molar-refractivity contribution in [2.75, 3.05) is 26.2 Å². The first-order valence-electron chi connectivity index (χ1n) is 7.89. The minimum absolute atomic E-state index is 0.163. The Hall–Kier alpha value is -0.810. The van der Waals surface area contributed by atoms with Gasteiger partial charge in [-0.15, -0.1) is 0 Å². The highest BCUT2D eigenvalue weighted by molar-refractivity contribution is 5.69. The third-order valence-electron chi connectivity index (χ3n) is 3.70. The van der Waals surface area contributed by atoms with Gasteiger partial charge in [0, 0.05) is 31.7 Å². The van der Waals surface area contributed by atoms with Crippen molar-refractivity contribution >= 4 is 6.09 Å². The Morgan fingerprint density at radius 2 is 2.10 bits per heavy atom. The largest absolute Gasteiger partial charge is 0.444 e. The van der Waals surface area contributed by atoms with Gasteiger partial charge in [-0.2, -0.15) is 0 Å². The predicted molar refractivity (Wildman–Crippen MR) is 79.9 cm³/mol. The molecule has 0 aromatic rings. The molecular formula is C15H29N3O2. The summed E-state index contributed by atoms with van der Waals surface area (Å²) in [4.78, 5) is 14.1. The summed E-state index contributed by atoms with van der Waals surface area (Å²) < 4.78 is 5.49. The third-order valence-corrected chi connectivity index (χ3v) is 3.70. The van der Waals surface area contributed by atoms with E-state index in [9.17, 15) is 4.79 Å². The summed E-state index contributed by atoms with van der Waals surface area (Å²) >= 11 is 0. The molecule has 0 radical (unpaired) electrons. The monoisotopic (exact) mass is 283 g/mol. The van der Waals surface area contributed by atoms with Crippen molar-refractivity contribution < 1.29 is 9.53 Å². The van der Waals surface area contributed by atoms with Crippen LogP contribution in [0.2, 0.25) is 0 Å². The number of amides is 1. The molecular weight excluding hydrogens is 254 g/mol. The van der Waals surface area contributed by atoms with Gasteiger partial charge in [0.25, 0.3) is 0 Å². The van der Waals surface area contributed by atoms with Crippen LogP contribution in [0.5, 0.6) is 0 Å². The van der Waals surface area contributed by atoms with Crippen molar-refractivity contribution in [3.63, 3.8) is 0 Å². The summed E-state index contributed by atoms with van der Waals surface area (Å²) in [6.45, 7) is 9.52. The fourth-order valence-electron chi connectivity index (χ4n) is 2.54. The lowest BCUT2D eigenvalue weighted by atomic mass is 10.1. The molecule has 116 valence electrons. The molecule has 1 aliphatic heterocycles. The smallest absolute Gasteiger partial charge is 0.410 e. The van der Waals surface area contributed by atoms with E-state index in [1.807, 2.05) is 25.7 Å². The molecule has 2 rings (SSSR count). The molecule has 0 bridgehead atoms. The normalized spacial score (nSPS) is 23.4. The molecule has 1 heterocycles. The second kappa shape index (κ2) is 6.76. The summed E-state index contributed by atoms with van der Waals surface area (Å²) in [5.41, 5.74) is -0.412. The maximum Gasteiger partial charge on any atom is 0.410 e. The number of carbonyl (C=O) groups excluding carboxylic acids is 1. The Morgan fingerprint density at radius 3 is 2.65 bits per heavy atom. The van der Waals surface area contributed by atoms with Crippen LogP contribution in [0.25, 0.3) is 0 Å². The standard InChI is InChI=1S/C15H29N3O2/c1-15(2,3)20-14(19)18(13-6-7-13)10-9-17-12-5-4-8-16-11-12/h12-13,16-17H,4-11H2,1-3H3. The zero-order chi connectivity index (χ0) is 14.6. The molecule has 1 saturated heterocycles. The number of rotatable bonds is 5. The van der Waals surface area contributed by atoms with Gasteiger partial charge in [0.05, 0.1) is 0 Å². The molecule has 1 saturated carbocycles. The predicted octanol–water partition coefficient (Wildman–Crippen LogP) is 1.73. The zero-order valence-electron chi connectivity index (χ0n) is 13.1. The molecule has 2 fully saturated rings. The van der Waals surface area contributed by atoms with Gasteiger partial charge in [0.15, 0.2) is 0 Å². The van der Waals surface area contributed by atoms with Gasteiger partial charge in [-0.1, -0.05) is 0 Å². The number of carbonyl (C=O) groups is 1. The van der Waals surface area contributed by atoms with Gasteiger partial charge in [-0.3, -0.25) is 0 Å². The van der Waals surface area contributed by atoms with E-state index >= 15 is 0 Å². The maximum absolute atomic E-state index is 12.2. The van der Waals surface area contributed by atoms with E-state index in [2.05, 4.69) is 10.6 Å². The van der Waals surface area contributed by atoms with E-state index in [1.54, 1.807) is 0 Å². The molecule has 1 unspecified atom stereocenters. The Labute approximate surface area is 122 Å². The van der Waals surface area contributed by atoms with Crippen molar-refractivity contribution in [3.05, 3.63) is 0 Å². The van der Waals surface area contributed by atoms with E-state index in [-0.39, 0.29) is 6.09 Å². The minimum atomic E-state index is -0.412. The van der Waals surface area contributed by atoms with Gasteiger partial charge >= 0.3 is 6.09 Å². The van der Waals surface area contributed by atoms with Crippen LogP contribution in [0.4, 0.5) is 4.79 Å². The lowest BCUT2D eigenvalue weighted by Gasteiger charge is -2.29. The van der Waals surface area contributed by atoms with Crippen molar-refractivity contribution in [2.45, 2.75) is 64.1 Å². The van der Waals surface area contributed by atoms with Crippen LogP contribution in [-0.4, -0.2) is 54.9 Å². The fraction of sp³-hybridized carbons (Fsp3) is 0.933. The maximum atomic E-state index is 12.2. The second-order valence-electron chi connectivity index (χ2n) is 6.90. The lowest BCUT2D eigenvalue weighted by Crippen LogP contribution is -2.47. The van der Waals surface area contributed by atoms with Crippen LogP contribution in [0.15, 0.2) is 0 Å². The summed E-state index contributed by atoms with van der Waals surface area (Å²) in [6.07, 6.45) is 4.52.